The number of hydrogen-bond donors (Lipinski definition) is 2. The third-order valence-electron chi connectivity index (χ3n) is 2.83. The Labute approximate surface area is 117 Å². The zero-order valence-electron chi connectivity index (χ0n) is 9.99. The molecule has 0 amide bonds. The molecule has 1 aromatic carbocycles. The lowest BCUT2D eigenvalue weighted by Crippen LogP contribution is -2.00. The average molecular weight is 290 g/mol. The second-order valence-electron chi connectivity index (χ2n) is 4.15. The van der Waals surface area contributed by atoms with E-state index in [4.69, 9.17) is 16.7 Å². The fourth-order valence-electron chi connectivity index (χ4n) is 1.88. The van der Waals surface area contributed by atoms with Crippen LogP contribution in [-0.2, 0) is 0 Å². The number of halogens is 1. The molecule has 0 bridgehead atoms. The van der Waals surface area contributed by atoms with E-state index in [1.807, 2.05) is 0 Å². The number of carboxylic acids is 1. The molecule has 0 fully saturated rings. The van der Waals surface area contributed by atoms with Crippen molar-refractivity contribution in [2.45, 2.75) is 0 Å². The number of hydrogen-bond acceptors (Lipinski definition) is 4. The number of phenolic OH excluding ortho intramolecular Hbond substituents is 1. The number of rotatable bonds is 2. The smallest absolute Gasteiger partial charge is 0.337 e. The van der Waals surface area contributed by atoms with Gasteiger partial charge in [-0.25, -0.2) is 4.79 Å². The minimum absolute atomic E-state index is 0.0438. The van der Waals surface area contributed by atoms with Crippen molar-refractivity contribution in [1.29, 1.82) is 0 Å². The van der Waals surface area contributed by atoms with Crippen molar-refractivity contribution in [2.75, 3.05) is 0 Å². The highest BCUT2D eigenvalue weighted by Crippen LogP contribution is 2.25. The van der Waals surface area contributed by atoms with Gasteiger partial charge in [-0.15, -0.1) is 10.2 Å². The number of nitrogens with zero attached hydrogens (tertiary/aromatic N) is 3. The standard InChI is InChI=1S/C13H8ClN3O3/c14-10-5-8(13(19)20)6-17-11(15-16-12(10)17)7-1-3-9(18)4-2-7/h1-6,18H,(H,19,20). The minimum Gasteiger partial charge on any atom is -0.508 e. The molecule has 20 heavy (non-hydrogen) atoms. The Kier molecular flexibility index (Phi) is 2.80. The molecule has 0 saturated heterocycles. The molecule has 0 unspecified atom stereocenters. The lowest BCUT2D eigenvalue weighted by molar-refractivity contribution is 0.0696. The normalized spacial score (nSPS) is 10.8. The van der Waals surface area contributed by atoms with Crippen LogP contribution in [0.1, 0.15) is 10.4 Å². The van der Waals surface area contributed by atoms with Gasteiger partial charge < -0.3 is 10.2 Å². The van der Waals surface area contributed by atoms with Gasteiger partial charge in [0.15, 0.2) is 11.5 Å². The maximum absolute atomic E-state index is 11.1. The Balaban J connectivity index is 2.26. The van der Waals surface area contributed by atoms with Crippen LogP contribution < -0.4 is 0 Å². The lowest BCUT2D eigenvalue weighted by Gasteiger charge is -2.03. The van der Waals surface area contributed by atoms with Crippen molar-refractivity contribution in [1.82, 2.24) is 14.6 Å². The molecular weight excluding hydrogens is 282 g/mol. The summed E-state index contributed by atoms with van der Waals surface area (Å²) in [6.45, 7) is 0. The Morgan fingerprint density at radius 1 is 1.20 bits per heavy atom. The first kappa shape index (κ1) is 12.4. The van der Waals surface area contributed by atoms with Gasteiger partial charge in [0.2, 0.25) is 0 Å². The van der Waals surface area contributed by atoms with E-state index in [2.05, 4.69) is 10.2 Å². The molecular formula is C13H8ClN3O3. The Hall–Kier alpha value is -2.60. The fraction of sp³-hybridized carbons (Fsp3) is 0. The van der Waals surface area contributed by atoms with Gasteiger partial charge in [0.1, 0.15) is 5.75 Å². The molecule has 7 heteroatoms. The minimum atomic E-state index is -1.08. The largest absolute Gasteiger partial charge is 0.508 e. The highest BCUT2D eigenvalue weighted by atomic mass is 35.5. The van der Waals surface area contributed by atoms with E-state index in [0.29, 0.717) is 17.0 Å². The van der Waals surface area contributed by atoms with Gasteiger partial charge in [-0.05, 0) is 30.3 Å². The van der Waals surface area contributed by atoms with E-state index >= 15 is 0 Å². The van der Waals surface area contributed by atoms with Gasteiger partial charge in [0, 0.05) is 11.8 Å². The van der Waals surface area contributed by atoms with Gasteiger partial charge >= 0.3 is 5.97 Å². The van der Waals surface area contributed by atoms with E-state index < -0.39 is 5.97 Å². The van der Waals surface area contributed by atoms with Crippen LogP contribution in [0.4, 0.5) is 0 Å². The van der Waals surface area contributed by atoms with Crippen LogP contribution in [0.2, 0.25) is 5.02 Å². The van der Waals surface area contributed by atoms with Crippen LogP contribution in [0.15, 0.2) is 36.5 Å². The number of phenols is 1. The molecule has 6 nitrogen and oxygen atoms in total. The third kappa shape index (κ3) is 1.96. The van der Waals surface area contributed by atoms with Gasteiger partial charge in [0.25, 0.3) is 0 Å². The molecule has 0 aliphatic heterocycles. The Morgan fingerprint density at radius 3 is 2.55 bits per heavy atom. The summed E-state index contributed by atoms with van der Waals surface area (Å²) in [5.41, 5.74) is 1.11. The lowest BCUT2D eigenvalue weighted by atomic mass is 10.2. The summed E-state index contributed by atoms with van der Waals surface area (Å²) in [6, 6.07) is 7.67. The number of pyridine rings is 1. The van der Waals surface area contributed by atoms with E-state index in [1.165, 1.54) is 28.8 Å². The quantitative estimate of drug-likeness (QED) is 0.756. The highest BCUT2D eigenvalue weighted by molar-refractivity contribution is 6.33. The number of carbonyl (C=O) groups is 1. The second-order valence-corrected chi connectivity index (χ2v) is 4.55. The second kappa shape index (κ2) is 4.50. The maximum atomic E-state index is 11.1. The van der Waals surface area contributed by atoms with Gasteiger partial charge in [-0.3, -0.25) is 4.40 Å². The molecule has 0 aliphatic rings. The molecule has 0 radical (unpaired) electrons. The molecule has 2 aromatic heterocycles. The number of carboxylic acid groups (broad SMARTS) is 1. The van der Waals surface area contributed by atoms with Crippen molar-refractivity contribution in [3.63, 3.8) is 0 Å². The first-order valence-corrected chi connectivity index (χ1v) is 6.01. The number of aromatic hydroxyl groups is 1. The van der Waals surface area contributed by atoms with Crippen molar-refractivity contribution < 1.29 is 15.0 Å². The van der Waals surface area contributed by atoms with Crippen LogP contribution in [0.3, 0.4) is 0 Å². The van der Waals surface area contributed by atoms with Crippen LogP contribution in [-0.4, -0.2) is 30.8 Å². The first-order valence-electron chi connectivity index (χ1n) is 5.63. The zero-order chi connectivity index (χ0) is 14.3. The van der Waals surface area contributed by atoms with Gasteiger partial charge in [-0.2, -0.15) is 0 Å². The molecule has 0 saturated carbocycles. The molecule has 3 aromatic rings. The number of aromatic nitrogens is 3. The number of aromatic carboxylic acids is 1. The molecule has 2 N–H and O–H groups in total. The maximum Gasteiger partial charge on any atom is 0.337 e. The predicted octanol–water partition coefficient (Wildman–Crippen LogP) is 2.45. The van der Waals surface area contributed by atoms with Crippen LogP contribution in [0.25, 0.3) is 17.0 Å². The SMILES string of the molecule is O=C(O)c1cc(Cl)c2nnc(-c3ccc(O)cc3)n2c1. The van der Waals surface area contributed by atoms with Crippen LogP contribution >= 0.6 is 11.6 Å². The Bertz CT molecular complexity index is 812. The van der Waals surface area contributed by atoms with E-state index in [1.54, 1.807) is 12.1 Å². The zero-order valence-corrected chi connectivity index (χ0v) is 10.7. The summed E-state index contributed by atoms with van der Waals surface area (Å²) in [4.78, 5) is 11.1. The highest BCUT2D eigenvalue weighted by Gasteiger charge is 2.14. The van der Waals surface area contributed by atoms with Crippen LogP contribution in [0, 0.1) is 0 Å². The molecule has 2 heterocycles. The number of benzene rings is 1. The number of fused-ring (bicyclic) bond motifs is 1. The average Bonchev–Trinajstić information content (AvgIpc) is 2.84. The van der Waals surface area contributed by atoms with E-state index in [9.17, 15) is 9.90 Å². The molecule has 3 rings (SSSR count). The van der Waals surface area contributed by atoms with Crippen LogP contribution in [0.5, 0.6) is 5.75 Å². The van der Waals surface area contributed by atoms with Crippen molar-refractivity contribution in [3.05, 3.63) is 47.1 Å². The summed E-state index contributed by atoms with van der Waals surface area (Å²) < 4.78 is 1.51. The van der Waals surface area contributed by atoms with E-state index in [0.717, 1.165) is 0 Å². The fourth-order valence-corrected chi connectivity index (χ4v) is 2.12. The summed E-state index contributed by atoms with van der Waals surface area (Å²) in [5.74, 6) is -0.504. The van der Waals surface area contributed by atoms with Gasteiger partial charge in [0.05, 0.1) is 10.6 Å². The summed E-state index contributed by atoms with van der Waals surface area (Å²) in [6.07, 6.45) is 1.41. The summed E-state index contributed by atoms with van der Waals surface area (Å²) >= 11 is 6.01. The van der Waals surface area contributed by atoms with Crippen molar-refractivity contribution in [2.24, 2.45) is 0 Å². The van der Waals surface area contributed by atoms with Crippen molar-refractivity contribution >= 4 is 23.2 Å². The summed E-state index contributed by atoms with van der Waals surface area (Å²) in [5, 5.41) is 26.5. The topological polar surface area (TPSA) is 87.7 Å². The Morgan fingerprint density at radius 2 is 1.90 bits per heavy atom. The van der Waals surface area contributed by atoms with E-state index in [-0.39, 0.29) is 16.3 Å². The molecule has 100 valence electrons. The predicted molar refractivity (Wildman–Crippen MR) is 72.1 cm³/mol. The van der Waals surface area contributed by atoms with Crippen molar-refractivity contribution in [3.8, 4) is 17.1 Å². The van der Waals surface area contributed by atoms with Gasteiger partial charge in [-0.1, -0.05) is 11.6 Å². The monoisotopic (exact) mass is 289 g/mol. The summed E-state index contributed by atoms with van der Waals surface area (Å²) in [7, 11) is 0. The molecule has 0 aliphatic carbocycles. The third-order valence-corrected chi connectivity index (χ3v) is 3.11. The molecule has 0 atom stereocenters. The first-order chi connectivity index (χ1) is 9.56. The molecule has 0 spiro atoms.